The van der Waals surface area contributed by atoms with Gasteiger partial charge < -0.3 is 4.74 Å². The predicted molar refractivity (Wildman–Crippen MR) is 98.6 cm³/mol. The molecule has 2 atom stereocenters. The van der Waals surface area contributed by atoms with Gasteiger partial charge in [-0.05, 0) is 36.8 Å². The summed E-state index contributed by atoms with van der Waals surface area (Å²) in [5, 5.41) is 22.3. The molecule has 0 saturated heterocycles. The molecule has 0 aliphatic rings. The number of Topliss-reactive ketones (excluding diaryl/α,β-unsaturated/α-hetero) is 1. The Bertz CT molecular complexity index is 913. The molecule has 0 unspecified atom stereocenters. The summed E-state index contributed by atoms with van der Waals surface area (Å²) in [5.74, 6) is -3.47. The summed E-state index contributed by atoms with van der Waals surface area (Å²) in [6.45, 7) is 1.40. The molecule has 0 aliphatic carbocycles. The topological polar surface area (TPSA) is 130 Å². The first kappa shape index (κ1) is 21.6. The second kappa shape index (κ2) is 9.49. The summed E-state index contributed by atoms with van der Waals surface area (Å²) < 4.78 is 18.1. The van der Waals surface area contributed by atoms with E-state index in [-0.39, 0.29) is 23.4 Å². The number of esters is 1. The first-order valence-corrected chi connectivity index (χ1v) is 8.57. The van der Waals surface area contributed by atoms with Crippen molar-refractivity contribution in [2.45, 2.75) is 25.3 Å². The molecule has 10 heteroatoms. The standard InChI is InChI=1S/C19H17FN2O7/c1-2-29-19(24)18(22(27)28)16(12-3-7-14(20)8-4-12)11-17(23)13-5-9-15(10-6-13)21(25)26/h3-10,16,18H,2,11H2,1H3/t16-,18-/m0/s1. The number of nitrogens with zero attached hydrogens (tertiary/aromatic N) is 2. The van der Waals surface area contributed by atoms with Gasteiger partial charge in [0, 0.05) is 29.0 Å². The van der Waals surface area contributed by atoms with Crippen LogP contribution in [0.15, 0.2) is 48.5 Å². The number of ether oxygens (including phenoxy) is 1. The number of nitro benzene ring substituents is 1. The van der Waals surface area contributed by atoms with E-state index in [1.54, 1.807) is 0 Å². The molecule has 0 amide bonds. The SMILES string of the molecule is CCOC(=O)[C@H]([C@@H](CC(=O)c1ccc([N+](=O)[O-])cc1)c1ccc(F)cc1)[N+](=O)[O-]. The third kappa shape index (κ3) is 5.41. The van der Waals surface area contributed by atoms with Crippen molar-refractivity contribution in [1.82, 2.24) is 0 Å². The fraction of sp³-hybridized carbons (Fsp3) is 0.263. The van der Waals surface area contributed by atoms with Crippen molar-refractivity contribution in [2.75, 3.05) is 6.61 Å². The highest BCUT2D eigenvalue weighted by Gasteiger charge is 2.42. The second-order valence-electron chi connectivity index (χ2n) is 6.07. The average molecular weight is 404 g/mol. The van der Waals surface area contributed by atoms with Crippen molar-refractivity contribution < 1.29 is 28.6 Å². The van der Waals surface area contributed by atoms with Crippen LogP contribution in [0, 0.1) is 26.0 Å². The van der Waals surface area contributed by atoms with Crippen molar-refractivity contribution in [3.63, 3.8) is 0 Å². The molecule has 2 aromatic rings. The Hall–Kier alpha value is -3.69. The lowest BCUT2D eigenvalue weighted by atomic mass is 9.85. The Kier molecular flexibility index (Phi) is 7.07. The van der Waals surface area contributed by atoms with Gasteiger partial charge in [0.1, 0.15) is 5.82 Å². The van der Waals surface area contributed by atoms with Crippen molar-refractivity contribution in [1.29, 1.82) is 0 Å². The summed E-state index contributed by atoms with van der Waals surface area (Å²) >= 11 is 0. The number of non-ortho nitro benzene ring substituents is 1. The van der Waals surface area contributed by atoms with E-state index in [0.29, 0.717) is 0 Å². The first-order valence-electron chi connectivity index (χ1n) is 8.57. The molecule has 0 aliphatic heterocycles. The largest absolute Gasteiger partial charge is 0.461 e. The molecule has 0 bridgehead atoms. The molecule has 29 heavy (non-hydrogen) atoms. The molecule has 152 valence electrons. The average Bonchev–Trinajstić information content (AvgIpc) is 2.68. The first-order chi connectivity index (χ1) is 13.7. The molecule has 0 radical (unpaired) electrons. The van der Waals surface area contributed by atoms with Gasteiger partial charge in [-0.2, -0.15) is 0 Å². The maximum absolute atomic E-state index is 13.3. The van der Waals surface area contributed by atoms with E-state index in [4.69, 9.17) is 4.74 Å². The molecule has 0 aromatic heterocycles. The van der Waals surface area contributed by atoms with Gasteiger partial charge in [0.2, 0.25) is 0 Å². The van der Waals surface area contributed by atoms with Crippen molar-refractivity contribution in [3.8, 4) is 0 Å². The third-order valence-electron chi connectivity index (χ3n) is 4.24. The minimum absolute atomic E-state index is 0.0877. The fourth-order valence-electron chi connectivity index (χ4n) is 2.83. The van der Waals surface area contributed by atoms with Crippen LogP contribution in [-0.2, 0) is 9.53 Å². The van der Waals surface area contributed by atoms with E-state index in [2.05, 4.69) is 0 Å². The van der Waals surface area contributed by atoms with Gasteiger partial charge in [-0.3, -0.25) is 25.0 Å². The Morgan fingerprint density at radius 3 is 2.10 bits per heavy atom. The number of hydrogen-bond donors (Lipinski definition) is 0. The molecular formula is C19H17FN2O7. The quantitative estimate of drug-likeness (QED) is 0.271. The van der Waals surface area contributed by atoms with Gasteiger partial charge in [-0.25, -0.2) is 9.18 Å². The summed E-state index contributed by atoms with van der Waals surface area (Å²) in [7, 11) is 0. The Labute approximate surface area is 164 Å². The monoisotopic (exact) mass is 404 g/mol. The number of ketones is 1. The summed E-state index contributed by atoms with van der Waals surface area (Å²) in [5.41, 5.74) is 0.0939. The van der Waals surface area contributed by atoms with Crippen molar-refractivity contribution in [3.05, 3.63) is 85.7 Å². The lowest BCUT2D eigenvalue weighted by molar-refractivity contribution is -0.514. The summed E-state index contributed by atoms with van der Waals surface area (Å²) in [6, 6.07) is 7.52. The number of halogens is 1. The second-order valence-corrected chi connectivity index (χ2v) is 6.07. The Morgan fingerprint density at radius 1 is 1.03 bits per heavy atom. The highest BCUT2D eigenvalue weighted by Crippen LogP contribution is 2.29. The van der Waals surface area contributed by atoms with Crippen LogP contribution in [-0.4, -0.2) is 34.2 Å². The number of hydrogen-bond acceptors (Lipinski definition) is 7. The normalized spacial score (nSPS) is 12.6. The summed E-state index contributed by atoms with van der Waals surface area (Å²) in [4.78, 5) is 45.7. The fourth-order valence-corrected chi connectivity index (χ4v) is 2.83. The maximum atomic E-state index is 13.3. The molecule has 2 aromatic carbocycles. The van der Waals surface area contributed by atoms with Crippen molar-refractivity contribution >= 4 is 17.4 Å². The molecule has 0 heterocycles. The molecule has 0 fully saturated rings. The Morgan fingerprint density at radius 2 is 1.62 bits per heavy atom. The van der Waals surface area contributed by atoms with Crippen LogP contribution in [0.1, 0.15) is 35.2 Å². The van der Waals surface area contributed by atoms with E-state index in [1.165, 1.54) is 31.2 Å². The molecular weight excluding hydrogens is 387 g/mol. The van der Waals surface area contributed by atoms with Gasteiger partial charge in [-0.1, -0.05) is 12.1 Å². The van der Waals surface area contributed by atoms with Crippen LogP contribution in [0.3, 0.4) is 0 Å². The number of carbonyl (C=O) groups is 2. The van der Waals surface area contributed by atoms with Gasteiger partial charge in [0.15, 0.2) is 5.78 Å². The van der Waals surface area contributed by atoms with Gasteiger partial charge in [0.25, 0.3) is 5.69 Å². The van der Waals surface area contributed by atoms with Gasteiger partial charge in [0.05, 0.1) is 17.4 Å². The van der Waals surface area contributed by atoms with Crippen LogP contribution < -0.4 is 0 Å². The predicted octanol–water partition coefficient (Wildman–Crippen LogP) is 3.30. The van der Waals surface area contributed by atoms with Gasteiger partial charge >= 0.3 is 12.0 Å². The van der Waals surface area contributed by atoms with E-state index in [0.717, 1.165) is 24.3 Å². The zero-order chi connectivity index (χ0) is 21.6. The lowest BCUT2D eigenvalue weighted by Gasteiger charge is -2.20. The van der Waals surface area contributed by atoms with Crippen molar-refractivity contribution in [2.24, 2.45) is 0 Å². The van der Waals surface area contributed by atoms with Crippen LogP contribution >= 0.6 is 0 Å². The molecule has 0 saturated carbocycles. The third-order valence-corrected chi connectivity index (χ3v) is 4.24. The molecule has 2 rings (SSSR count). The number of rotatable bonds is 9. The smallest absolute Gasteiger partial charge is 0.382 e. The minimum atomic E-state index is -1.87. The van der Waals surface area contributed by atoms with Crippen LogP contribution in [0.25, 0.3) is 0 Å². The number of carbonyl (C=O) groups excluding carboxylic acids is 2. The molecule has 9 nitrogen and oxygen atoms in total. The zero-order valence-electron chi connectivity index (χ0n) is 15.3. The molecule has 0 N–H and O–H groups in total. The van der Waals surface area contributed by atoms with E-state index >= 15 is 0 Å². The lowest BCUT2D eigenvalue weighted by Crippen LogP contribution is -2.38. The van der Waals surface area contributed by atoms with Gasteiger partial charge in [-0.15, -0.1) is 0 Å². The summed E-state index contributed by atoms with van der Waals surface area (Å²) in [6.07, 6.45) is -0.450. The number of benzene rings is 2. The Balaban J connectivity index is 2.39. The maximum Gasteiger partial charge on any atom is 0.382 e. The van der Waals surface area contributed by atoms with E-state index in [1.807, 2.05) is 0 Å². The highest BCUT2D eigenvalue weighted by atomic mass is 19.1. The number of nitro groups is 2. The zero-order valence-corrected chi connectivity index (χ0v) is 15.3. The highest BCUT2D eigenvalue weighted by molar-refractivity contribution is 5.97. The van der Waals surface area contributed by atoms with E-state index < -0.39 is 45.8 Å². The van der Waals surface area contributed by atoms with E-state index in [9.17, 15) is 34.2 Å². The van der Waals surface area contributed by atoms with Crippen LogP contribution in [0.2, 0.25) is 0 Å². The minimum Gasteiger partial charge on any atom is -0.461 e. The van der Waals surface area contributed by atoms with Crippen LogP contribution in [0.5, 0.6) is 0 Å². The molecule has 0 spiro atoms. The van der Waals surface area contributed by atoms with Crippen LogP contribution in [0.4, 0.5) is 10.1 Å².